The van der Waals surface area contributed by atoms with Gasteiger partial charge >= 0.3 is 5.63 Å². The zero-order valence-corrected chi connectivity index (χ0v) is 16.3. The van der Waals surface area contributed by atoms with Crippen molar-refractivity contribution in [1.82, 2.24) is 10.3 Å². The second-order valence-electron chi connectivity index (χ2n) is 6.91. The fourth-order valence-corrected chi connectivity index (χ4v) is 3.15. The van der Waals surface area contributed by atoms with E-state index in [1.165, 1.54) is 11.8 Å². The Kier molecular flexibility index (Phi) is 6.92. The normalized spacial score (nSPS) is 11.8. The summed E-state index contributed by atoms with van der Waals surface area (Å²) in [5, 5.41) is 12.7. The smallest absolute Gasteiger partial charge is 0.349 e. The van der Waals surface area contributed by atoms with Crippen LogP contribution in [0.1, 0.15) is 45.3 Å². The number of pyridine rings is 1. The van der Waals surface area contributed by atoms with E-state index in [0.717, 1.165) is 12.8 Å². The summed E-state index contributed by atoms with van der Waals surface area (Å²) < 4.78 is 5.35. The molecule has 1 unspecified atom stereocenters. The number of hydrogen-bond acceptors (Lipinski definition) is 5. The first-order valence-electron chi connectivity index (χ1n) is 9.58. The summed E-state index contributed by atoms with van der Waals surface area (Å²) >= 11 is 0. The van der Waals surface area contributed by atoms with Crippen LogP contribution in [0.4, 0.5) is 0 Å². The molecule has 0 saturated heterocycles. The van der Waals surface area contributed by atoms with Gasteiger partial charge in [-0.2, -0.15) is 0 Å². The van der Waals surface area contributed by atoms with Gasteiger partial charge in [0, 0.05) is 30.9 Å². The Morgan fingerprint density at radius 3 is 2.66 bits per heavy atom. The standard InChI is InChI=1S/C23H24N2O4/c1-16-13-19(11-5-9-17-7-3-2-4-8-17)29-23(28)21(16)22(27)25-15-20(26)18-10-6-12-24-14-18/h2-4,6-8,10,12-14,20,26H,5,9,11,15H2,1H3,(H,25,27). The van der Waals surface area contributed by atoms with Crippen molar-refractivity contribution in [1.29, 1.82) is 0 Å². The number of nitrogens with zero attached hydrogens (tertiary/aromatic N) is 1. The number of aliphatic hydroxyl groups is 1. The summed E-state index contributed by atoms with van der Waals surface area (Å²) in [6.07, 6.45) is 4.57. The third-order valence-corrected chi connectivity index (χ3v) is 4.68. The van der Waals surface area contributed by atoms with Gasteiger partial charge in [0.1, 0.15) is 11.3 Å². The first-order chi connectivity index (χ1) is 14.0. The van der Waals surface area contributed by atoms with E-state index in [1.54, 1.807) is 31.3 Å². The highest BCUT2D eigenvalue weighted by Gasteiger charge is 2.18. The molecule has 0 aliphatic heterocycles. The van der Waals surface area contributed by atoms with Crippen LogP contribution in [0.2, 0.25) is 0 Å². The number of benzene rings is 1. The molecular weight excluding hydrogens is 368 g/mol. The van der Waals surface area contributed by atoms with Crippen molar-refractivity contribution in [2.45, 2.75) is 32.3 Å². The van der Waals surface area contributed by atoms with Crippen molar-refractivity contribution in [2.24, 2.45) is 0 Å². The predicted octanol–water partition coefficient (Wildman–Crippen LogP) is 2.98. The van der Waals surface area contributed by atoms with Gasteiger partial charge in [0.25, 0.3) is 5.91 Å². The minimum absolute atomic E-state index is 0.0256. The van der Waals surface area contributed by atoms with Crippen LogP contribution < -0.4 is 10.9 Å². The molecule has 0 aliphatic carbocycles. The van der Waals surface area contributed by atoms with Crippen molar-refractivity contribution >= 4 is 5.91 Å². The van der Waals surface area contributed by atoms with Crippen molar-refractivity contribution in [2.75, 3.05) is 6.54 Å². The highest BCUT2D eigenvalue weighted by Crippen LogP contribution is 2.12. The summed E-state index contributed by atoms with van der Waals surface area (Å²) in [6, 6.07) is 15.3. The second kappa shape index (κ2) is 9.80. The molecule has 0 spiro atoms. The molecule has 6 heteroatoms. The number of rotatable bonds is 8. The molecule has 0 bridgehead atoms. The zero-order valence-electron chi connectivity index (χ0n) is 16.3. The minimum Gasteiger partial charge on any atom is -0.427 e. The van der Waals surface area contributed by atoms with Crippen LogP contribution in [0.5, 0.6) is 0 Å². The molecule has 0 aliphatic rings. The van der Waals surface area contributed by atoms with E-state index in [-0.39, 0.29) is 12.1 Å². The largest absolute Gasteiger partial charge is 0.427 e. The van der Waals surface area contributed by atoms with E-state index in [4.69, 9.17) is 4.42 Å². The molecule has 0 radical (unpaired) electrons. The van der Waals surface area contributed by atoms with Crippen LogP contribution in [0.25, 0.3) is 0 Å². The van der Waals surface area contributed by atoms with Crippen LogP contribution in [0.15, 0.2) is 70.1 Å². The Hall–Kier alpha value is -3.25. The first-order valence-corrected chi connectivity index (χ1v) is 9.58. The number of aliphatic hydroxyl groups excluding tert-OH is 1. The Labute approximate surface area is 169 Å². The Morgan fingerprint density at radius 2 is 1.97 bits per heavy atom. The van der Waals surface area contributed by atoms with Crippen molar-refractivity contribution in [3.8, 4) is 0 Å². The molecule has 2 aromatic heterocycles. The van der Waals surface area contributed by atoms with Gasteiger partial charge < -0.3 is 14.8 Å². The molecule has 1 atom stereocenters. The van der Waals surface area contributed by atoms with Crippen LogP contribution in [0.3, 0.4) is 0 Å². The fraction of sp³-hybridized carbons (Fsp3) is 0.261. The lowest BCUT2D eigenvalue weighted by atomic mass is 10.1. The average Bonchev–Trinajstić information content (AvgIpc) is 2.73. The highest BCUT2D eigenvalue weighted by atomic mass is 16.4. The molecule has 29 heavy (non-hydrogen) atoms. The lowest BCUT2D eigenvalue weighted by Gasteiger charge is -2.12. The maximum Gasteiger partial charge on any atom is 0.349 e. The molecular formula is C23H24N2O4. The van der Waals surface area contributed by atoms with Gasteiger partial charge in [0.15, 0.2) is 0 Å². The summed E-state index contributed by atoms with van der Waals surface area (Å²) in [4.78, 5) is 28.7. The van der Waals surface area contributed by atoms with Gasteiger partial charge in [-0.1, -0.05) is 36.4 Å². The van der Waals surface area contributed by atoms with Crippen LogP contribution in [-0.2, 0) is 12.8 Å². The van der Waals surface area contributed by atoms with Crippen LogP contribution in [-0.4, -0.2) is 22.5 Å². The Balaban J connectivity index is 1.59. The van der Waals surface area contributed by atoms with E-state index in [0.29, 0.717) is 23.3 Å². The summed E-state index contributed by atoms with van der Waals surface area (Å²) in [7, 11) is 0. The van der Waals surface area contributed by atoms with Gasteiger partial charge in [-0.05, 0) is 43.0 Å². The van der Waals surface area contributed by atoms with E-state index in [1.807, 2.05) is 18.2 Å². The number of hydrogen-bond donors (Lipinski definition) is 2. The quantitative estimate of drug-likeness (QED) is 0.615. The monoisotopic (exact) mass is 392 g/mol. The molecule has 150 valence electrons. The summed E-state index contributed by atoms with van der Waals surface area (Å²) in [5.74, 6) is 0.00500. The predicted molar refractivity (Wildman–Crippen MR) is 110 cm³/mol. The summed E-state index contributed by atoms with van der Waals surface area (Å²) in [6.45, 7) is 1.69. The number of nitrogens with one attached hydrogen (secondary N) is 1. The highest BCUT2D eigenvalue weighted by molar-refractivity contribution is 5.95. The maximum absolute atomic E-state index is 12.4. The van der Waals surface area contributed by atoms with E-state index in [9.17, 15) is 14.7 Å². The minimum atomic E-state index is -0.905. The maximum atomic E-state index is 12.4. The van der Waals surface area contributed by atoms with Crippen molar-refractivity contribution in [3.05, 3.63) is 99.4 Å². The first kappa shape index (κ1) is 20.5. The third kappa shape index (κ3) is 5.62. The van der Waals surface area contributed by atoms with E-state index in [2.05, 4.69) is 22.4 Å². The zero-order chi connectivity index (χ0) is 20.6. The fourth-order valence-electron chi connectivity index (χ4n) is 3.15. The SMILES string of the molecule is Cc1cc(CCCc2ccccc2)oc(=O)c1C(=O)NCC(O)c1cccnc1. The molecule has 2 heterocycles. The topological polar surface area (TPSA) is 92.4 Å². The van der Waals surface area contributed by atoms with Gasteiger partial charge in [-0.3, -0.25) is 9.78 Å². The molecule has 6 nitrogen and oxygen atoms in total. The van der Waals surface area contributed by atoms with Crippen LogP contribution >= 0.6 is 0 Å². The third-order valence-electron chi connectivity index (χ3n) is 4.68. The molecule has 2 N–H and O–H groups in total. The van der Waals surface area contributed by atoms with Crippen molar-refractivity contribution in [3.63, 3.8) is 0 Å². The lowest BCUT2D eigenvalue weighted by Crippen LogP contribution is -2.32. The summed E-state index contributed by atoms with van der Waals surface area (Å²) in [5.41, 5.74) is 1.69. The van der Waals surface area contributed by atoms with Crippen LogP contribution in [0, 0.1) is 6.92 Å². The van der Waals surface area contributed by atoms with Gasteiger partial charge in [-0.15, -0.1) is 0 Å². The van der Waals surface area contributed by atoms with E-state index >= 15 is 0 Å². The average molecular weight is 392 g/mol. The molecule has 1 amide bonds. The van der Waals surface area contributed by atoms with E-state index < -0.39 is 17.6 Å². The molecule has 3 rings (SSSR count). The molecule has 0 saturated carbocycles. The second-order valence-corrected chi connectivity index (χ2v) is 6.91. The molecule has 3 aromatic rings. The number of carbonyl (C=O) groups excluding carboxylic acids is 1. The van der Waals surface area contributed by atoms with Gasteiger partial charge in [0.2, 0.25) is 0 Å². The number of carbonyl (C=O) groups is 1. The number of amides is 1. The lowest BCUT2D eigenvalue weighted by molar-refractivity contribution is 0.0911. The number of aryl methyl sites for hydroxylation is 3. The van der Waals surface area contributed by atoms with Crippen molar-refractivity contribution < 1.29 is 14.3 Å². The molecule has 1 aromatic carbocycles. The number of aromatic nitrogens is 1. The Morgan fingerprint density at radius 1 is 1.17 bits per heavy atom. The molecule has 0 fully saturated rings. The Bertz CT molecular complexity index is 1000. The van der Waals surface area contributed by atoms with Gasteiger partial charge in [-0.25, -0.2) is 4.79 Å². The van der Waals surface area contributed by atoms with Gasteiger partial charge in [0.05, 0.1) is 6.10 Å².